The second-order valence-corrected chi connectivity index (χ2v) is 3.11. The van der Waals surface area contributed by atoms with Crippen LogP contribution < -0.4 is 4.74 Å². The molecule has 1 aromatic heterocycles. The molecule has 0 saturated heterocycles. The number of carboxylic acids is 1. The molecule has 1 aromatic rings. The lowest BCUT2D eigenvalue weighted by Crippen LogP contribution is -2.20. The van der Waals surface area contributed by atoms with E-state index in [0.29, 0.717) is 6.20 Å². The van der Waals surface area contributed by atoms with Gasteiger partial charge in [0, 0.05) is 5.56 Å². The maximum absolute atomic E-state index is 13.5. The zero-order chi connectivity index (χ0) is 13.9. The molecule has 1 N–H and O–H groups in total. The van der Waals surface area contributed by atoms with Gasteiger partial charge < -0.3 is 9.84 Å². The molecule has 0 aromatic carbocycles. The number of carboxylic acid groups (broad SMARTS) is 1. The van der Waals surface area contributed by atoms with Gasteiger partial charge in [0.2, 0.25) is 0 Å². The topological polar surface area (TPSA) is 59.4 Å². The van der Waals surface area contributed by atoms with Gasteiger partial charge in [-0.25, -0.2) is 8.78 Å². The summed E-state index contributed by atoms with van der Waals surface area (Å²) in [6, 6.07) is 0. The fourth-order valence-corrected chi connectivity index (χ4v) is 1.18. The van der Waals surface area contributed by atoms with Crippen molar-refractivity contribution in [1.29, 1.82) is 0 Å². The van der Waals surface area contributed by atoms with Gasteiger partial charge in [-0.1, -0.05) is 0 Å². The highest BCUT2D eigenvalue weighted by atomic mass is 19.4. The minimum absolute atomic E-state index is 0.434. The fraction of sp³-hybridized carbons (Fsp3) is 0.333. The Kier molecular flexibility index (Phi) is 4.04. The van der Waals surface area contributed by atoms with Crippen LogP contribution in [0.25, 0.3) is 0 Å². The molecule has 0 spiro atoms. The average Bonchev–Trinajstić information content (AvgIpc) is 2.21. The minimum atomic E-state index is -5.13. The Morgan fingerprint density at radius 3 is 2.50 bits per heavy atom. The summed E-state index contributed by atoms with van der Waals surface area (Å²) >= 11 is 0. The van der Waals surface area contributed by atoms with Crippen molar-refractivity contribution in [3.8, 4) is 5.75 Å². The number of hydrogen-bond acceptors (Lipinski definition) is 3. The fourth-order valence-electron chi connectivity index (χ4n) is 1.18. The van der Waals surface area contributed by atoms with Crippen molar-refractivity contribution in [1.82, 2.24) is 4.98 Å². The molecular weight excluding hydrogens is 265 g/mol. The summed E-state index contributed by atoms with van der Waals surface area (Å²) in [4.78, 5) is 13.5. The molecule has 0 unspecified atom stereocenters. The molecule has 0 aliphatic heterocycles. The molecule has 0 bridgehead atoms. The Bertz CT molecular complexity index is 460. The van der Waals surface area contributed by atoms with Gasteiger partial charge in [-0.2, -0.15) is 0 Å². The average molecular weight is 271 g/mol. The van der Waals surface area contributed by atoms with Gasteiger partial charge in [0.05, 0.1) is 12.6 Å². The molecule has 18 heavy (non-hydrogen) atoms. The van der Waals surface area contributed by atoms with Gasteiger partial charge in [0.1, 0.15) is 12.4 Å². The van der Waals surface area contributed by atoms with Crippen molar-refractivity contribution in [3.05, 3.63) is 23.3 Å². The number of hydrogen-bond donors (Lipinski definition) is 1. The van der Waals surface area contributed by atoms with Crippen molar-refractivity contribution in [2.45, 2.75) is 19.5 Å². The molecule has 0 aliphatic carbocycles. The van der Waals surface area contributed by atoms with Gasteiger partial charge in [0.25, 0.3) is 0 Å². The molecule has 100 valence electrons. The van der Waals surface area contributed by atoms with Gasteiger partial charge in [-0.3, -0.25) is 9.78 Å². The molecule has 0 radical (unpaired) electrons. The van der Waals surface area contributed by atoms with E-state index in [2.05, 4.69) is 9.72 Å². The Labute approximate surface area is 97.0 Å². The lowest BCUT2D eigenvalue weighted by Gasteiger charge is -2.13. The molecule has 0 atom stereocenters. The number of nitrogens with zero attached hydrogens (tertiary/aromatic N) is 1. The van der Waals surface area contributed by atoms with E-state index >= 15 is 0 Å². The van der Waals surface area contributed by atoms with E-state index in [1.807, 2.05) is 0 Å². The Balaban J connectivity index is 3.24. The highest BCUT2D eigenvalue weighted by molar-refractivity contribution is 5.71. The van der Waals surface area contributed by atoms with Crippen LogP contribution in [0.1, 0.15) is 11.3 Å². The maximum Gasteiger partial charge on any atom is 0.573 e. The SMILES string of the molecule is O=C(O)Cc1c(OC(F)(F)F)cnc(CF)c1F. The van der Waals surface area contributed by atoms with E-state index < -0.39 is 48.3 Å². The van der Waals surface area contributed by atoms with Gasteiger partial charge in [0.15, 0.2) is 11.6 Å². The van der Waals surface area contributed by atoms with Crippen molar-refractivity contribution < 1.29 is 36.6 Å². The zero-order valence-corrected chi connectivity index (χ0v) is 8.59. The molecule has 1 heterocycles. The number of aliphatic carboxylic acids is 1. The Hall–Kier alpha value is -1.93. The van der Waals surface area contributed by atoms with E-state index in [4.69, 9.17) is 5.11 Å². The van der Waals surface area contributed by atoms with Gasteiger partial charge in [-0.05, 0) is 0 Å². The molecule has 1 rings (SSSR count). The van der Waals surface area contributed by atoms with Gasteiger partial charge >= 0.3 is 12.3 Å². The number of carbonyl (C=O) groups is 1. The molecule has 4 nitrogen and oxygen atoms in total. The second-order valence-electron chi connectivity index (χ2n) is 3.11. The molecular formula is C9H6F5NO3. The van der Waals surface area contributed by atoms with Crippen LogP contribution in [-0.2, 0) is 17.9 Å². The quantitative estimate of drug-likeness (QED) is 0.853. The van der Waals surface area contributed by atoms with E-state index in [0.717, 1.165) is 0 Å². The number of rotatable bonds is 4. The van der Waals surface area contributed by atoms with E-state index in [1.54, 1.807) is 0 Å². The summed E-state index contributed by atoms with van der Waals surface area (Å²) in [5, 5.41) is 8.46. The number of ether oxygens (including phenoxy) is 1. The van der Waals surface area contributed by atoms with Crippen molar-refractivity contribution >= 4 is 5.97 Å². The largest absolute Gasteiger partial charge is 0.573 e. The summed E-state index contributed by atoms with van der Waals surface area (Å²) in [6.45, 7) is -1.37. The molecule has 0 aliphatic rings. The molecule has 9 heteroatoms. The highest BCUT2D eigenvalue weighted by Gasteiger charge is 2.33. The third-order valence-electron chi connectivity index (χ3n) is 1.83. The third-order valence-corrected chi connectivity index (χ3v) is 1.83. The predicted octanol–water partition coefficient (Wildman–Crippen LogP) is 2.22. The standard InChI is InChI=1S/C9H6F5NO3/c10-2-5-8(11)4(1-7(16)17)6(3-15-5)18-9(12,13)14/h3H,1-2H2,(H,16,17). The minimum Gasteiger partial charge on any atom is -0.481 e. The van der Waals surface area contributed by atoms with Crippen LogP contribution in [0.4, 0.5) is 22.0 Å². The van der Waals surface area contributed by atoms with E-state index in [9.17, 15) is 26.7 Å². The predicted molar refractivity (Wildman–Crippen MR) is 47.0 cm³/mol. The number of halogens is 5. The van der Waals surface area contributed by atoms with Crippen LogP contribution in [0.15, 0.2) is 6.20 Å². The summed E-state index contributed by atoms with van der Waals surface area (Å²) in [5.74, 6) is -4.14. The summed E-state index contributed by atoms with van der Waals surface area (Å²) in [6.07, 6.45) is -5.77. The first-order valence-electron chi connectivity index (χ1n) is 4.44. The number of aromatic nitrogens is 1. The van der Waals surface area contributed by atoms with E-state index in [1.165, 1.54) is 0 Å². The Morgan fingerprint density at radius 1 is 1.44 bits per heavy atom. The first kappa shape index (κ1) is 14.1. The Morgan fingerprint density at radius 2 is 2.06 bits per heavy atom. The first-order chi connectivity index (χ1) is 8.24. The van der Waals surface area contributed by atoms with Crippen LogP contribution >= 0.6 is 0 Å². The number of pyridine rings is 1. The monoisotopic (exact) mass is 271 g/mol. The van der Waals surface area contributed by atoms with Crippen LogP contribution in [0.2, 0.25) is 0 Å². The molecule has 0 amide bonds. The van der Waals surface area contributed by atoms with Crippen molar-refractivity contribution in [3.63, 3.8) is 0 Å². The summed E-state index contributed by atoms with van der Waals surface area (Å²) in [5.41, 5.74) is -1.68. The molecule has 0 fully saturated rings. The lowest BCUT2D eigenvalue weighted by atomic mass is 10.1. The van der Waals surface area contributed by atoms with Crippen molar-refractivity contribution in [2.75, 3.05) is 0 Å². The maximum atomic E-state index is 13.5. The molecule has 0 saturated carbocycles. The second kappa shape index (κ2) is 5.15. The van der Waals surface area contributed by atoms with Crippen LogP contribution in [0, 0.1) is 5.82 Å². The van der Waals surface area contributed by atoms with Crippen LogP contribution in [0.3, 0.4) is 0 Å². The van der Waals surface area contributed by atoms with E-state index in [-0.39, 0.29) is 0 Å². The van der Waals surface area contributed by atoms with Crippen molar-refractivity contribution in [2.24, 2.45) is 0 Å². The van der Waals surface area contributed by atoms with Crippen LogP contribution in [0.5, 0.6) is 5.75 Å². The van der Waals surface area contributed by atoms with Gasteiger partial charge in [-0.15, -0.1) is 13.2 Å². The normalized spacial score (nSPS) is 11.4. The first-order valence-corrected chi connectivity index (χ1v) is 4.44. The number of alkyl halides is 4. The lowest BCUT2D eigenvalue weighted by molar-refractivity contribution is -0.275. The summed E-state index contributed by atoms with van der Waals surface area (Å²) < 4.78 is 65.1. The zero-order valence-electron chi connectivity index (χ0n) is 8.59. The third kappa shape index (κ3) is 3.54. The van der Waals surface area contributed by atoms with Crippen LogP contribution in [-0.4, -0.2) is 22.4 Å². The highest BCUT2D eigenvalue weighted by Crippen LogP contribution is 2.29. The smallest absolute Gasteiger partial charge is 0.481 e. The summed E-state index contributed by atoms with van der Waals surface area (Å²) in [7, 11) is 0.